The number of aryl methyl sites for hydroxylation is 8. The Morgan fingerprint density at radius 3 is 0.528 bits per heavy atom. The number of rotatable bonds is 20. The predicted octanol–water partition coefficient (Wildman–Crippen LogP) is 24.2. The minimum absolute atomic E-state index is 0.180. The lowest BCUT2D eigenvalue weighted by atomic mass is 9.33. The van der Waals surface area contributed by atoms with Crippen molar-refractivity contribution in [3.05, 3.63) is 383 Å². The summed E-state index contributed by atoms with van der Waals surface area (Å²) in [7, 11) is 0. The Morgan fingerprint density at radius 1 is 0.194 bits per heavy atom. The molecule has 0 amide bonds. The Balaban J connectivity index is 0.978. The molecular weight excluding hydrogens is 1300 g/mol. The van der Waals surface area contributed by atoms with Gasteiger partial charge in [-0.3, -0.25) is 0 Å². The topological polar surface area (TPSA) is 13.0 Å². The molecule has 0 heterocycles. The SMILES string of the molecule is Cc1cc(N(c2ccccc2)c2ccccc2)cc(C)c1B(c1c(C)cc(N(c2ccccc2)c2ccccc2)cc1C)c1cc(C(C)C)c2ccc3c(C(C)C)cc(B(c4c(C)cc(N(c5ccccc5)c5ccccc5)cc4C)c4c(C)cc(N(c5ccccc5)c5ccccc5)cc4C)c4ccc1c2c43. The highest BCUT2D eigenvalue weighted by Crippen LogP contribution is 2.44. The summed E-state index contributed by atoms with van der Waals surface area (Å²) >= 11 is 0. The molecule has 0 aliphatic heterocycles. The monoisotopic (exact) mass is 1390 g/mol. The van der Waals surface area contributed by atoms with Gasteiger partial charge in [-0.05, 0) is 256 Å². The van der Waals surface area contributed by atoms with Gasteiger partial charge in [-0.2, -0.15) is 0 Å². The number of hydrogen-bond donors (Lipinski definition) is 0. The number of benzene rings is 16. The molecule has 0 aliphatic rings. The van der Waals surface area contributed by atoms with Gasteiger partial charge in [-0.15, -0.1) is 0 Å². The second kappa shape index (κ2) is 29.7. The lowest BCUT2D eigenvalue weighted by Crippen LogP contribution is -2.56. The maximum absolute atomic E-state index is 2.63. The van der Waals surface area contributed by atoms with Crippen molar-refractivity contribution in [3.63, 3.8) is 0 Å². The van der Waals surface area contributed by atoms with Gasteiger partial charge >= 0.3 is 0 Å². The summed E-state index contributed by atoms with van der Waals surface area (Å²) in [6.07, 6.45) is 0. The third-order valence-corrected chi connectivity index (χ3v) is 22.5. The minimum atomic E-state index is -0.180. The third kappa shape index (κ3) is 13.0. The first-order chi connectivity index (χ1) is 52.6. The van der Waals surface area contributed by atoms with Crippen molar-refractivity contribution in [1.82, 2.24) is 0 Å². The van der Waals surface area contributed by atoms with Crippen LogP contribution in [0.3, 0.4) is 0 Å². The van der Waals surface area contributed by atoms with Crippen LogP contribution >= 0.6 is 0 Å². The molecule has 0 atom stereocenters. The van der Waals surface area contributed by atoms with E-state index in [1.54, 1.807) is 0 Å². The summed E-state index contributed by atoms with van der Waals surface area (Å²) in [5.74, 6) is 0.390. The van der Waals surface area contributed by atoms with E-state index in [9.17, 15) is 0 Å². The standard InChI is InChI=1S/C102H92B2N4/c1-67(2)93-65-95(103(99-69(5)57-85(58-70(99)6)105(77-37-21-13-22-38-77)78-39-23-14-24-40-78)100-71(7)59-86(60-72(100)8)106(79-41-25-15-26-42-79)80-43-27-16-28-44-80)91-55-56-92-96(66-94(68(3)4)90-54-53-89(93)97(91)98(90)92)104(101-73(9)61-87(62-74(101)10)107(81-45-29-17-30-46-81)82-47-31-18-32-48-82)102-75(11)63-88(64-76(102)12)108(83-49-33-19-34-50-83)84-51-35-20-36-52-84/h13-68H,1-12H3. The van der Waals surface area contributed by atoms with Crippen LogP contribution in [0.2, 0.25) is 0 Å². The fourth-order valence-electron chi connectivity index (χ4n) is 18.0. The third-order valence-electron chi connectivity index (χ3n) is 22.5. The predicted molar refractivity (Wildman–Crippen MR) is 470 cm³/mol. The van der Waals surface area contributed by atoms with Crippen molar-refractivity contribution in [2.45, 2.75) is 94.9 Å². The largest absolute Gasteiger partial charge is 0.310 e. The average molecular weight is 1400 g/mol. The second-order valence-corrected chi connectivity index (χ2v) is 30.4. The van der Waals surface area contributed by atoms with Crippen LogP contribution in [-0.2, 0) is 0 Å². The van der Waals surface area contributed by atoms with Gasteiger partial charge in [0.05, 0.1) is 0 Å². The molecule has 526 valence electrons. The molecule has 16 aromatic carbocycles. The maximum Gasteiger partial charge on any atom is 0.243 e. The van der Waals surface area contributed by atoms with E-state index in [-0.39, 0.29) is 25.3 Å². The number of hydrogen-bond acceptors (Lipinski definition) is 4. The molecule has 0 radical (unpaired) electrons. The van der Waals surface area contributed by atoms with Crippen molar-refractivity contribution < 1.29 is 0 Å². The maximum atomic E-state index is 2.63. The lowest BCUT2D eigenvalue weighted by Gasteiger charge is -2.32. The van der Waals surface area contributed by atoms with Gasteiger partial charge in [0.2, 0.25) is 13.4 Å². The molecule has 0 saturated carbocycles. The van der Waals surface area contributed by atoms with Gasteiger partial charge in [0.15, 0.2) is 0 Å². The first kappa shape index (κ1) is 70.2. The second-order valence-electron chi connectivity index (χ2n) is 30.4. The fourth-order valence-corrected chi connectivity index (χ4v) is 18.0. The molecule has 0 unspecified atom stereocenters. The zero-order chi connectivity index (χ0) is 74.4. The zero-order valence-corrected chi connectivity index (χ0v) is 64.3. The van der Waals surface area contributed by atoms with Crippen LogP contribution in [0.1, 0.15) is 95.2 Å². The first-order valence-corrected chi connectivity index (χ1v) is 38.4. The number of anilines is 12. The molecule has 108 heavy (non-hydrogen) atoms. The molecule has 16 rings (SSSR count). The Labute approximate surface area is 640 Å². The summed E-state index contributed by atoms with van der Waals surface area (Å²) in [6.45, 7) is 28.2. The smallest absolute Gasteiger partial charge is 0.243 e. The Morgan fingerprint density at radius 2 is 0.361 bits per heavy atom. The van der Waals surface area contributed by atoms with Crippen molar-refractivity contribution in [2.75, 3.05) is 19.6 Å². The molecule has 16 aromatic rings. The van der Waals surface area contributed by atoms with Gasteiger partial charge in [-0.25, -0.2) is 0 Å². The van der Waals surface area contributed by atoms with Crippen molar-refractivity contribution in [1.29, 1.82) is 0 Å². The van der Waals surface area contributed by atoms with Crippen molar-refractivity contribution in [2.24, 2.45) is 0 Å². The van der Waals surface area contributed by atoms with Gasteiger partial charge in [-0.1, -0.05) is 287 Å². The molecule has 4 nitrogen and oxygen atoms in total. The van der Waals surface area contributed by atoms with Crippen LogP contribution < -0.4 is 52.4 Å². The lowest BCUT2D eigenvalue weighted by molar-refractivity contribution is 0.876. The summed E-state index contributed by atoms with van der Waals surface area (Å²) in [6, 6.07) is 122. The van der Waals surface area contributed by atoms with E-state index in [1.807, 2.05) is 0 Å². The normalized spacial score (nSPS) is 11.5. The molecule has 0 aromatic heterocycles. The quantitative estimate of drug-likeness (QED) is 0.0557. The van der Waals surface area contributed by atoms with Gasteiger partial charge in [0.25, 0.3) is 0 Å². The van der Waals surface area contributed by atoms with Gasteiger partial charge in [0.1, 0.15) is 0 Å². The molecule has 0 bridgehead atoms. The summed E-state index contributed by atoms with van der Waals surface area (Å²) in [5.41, 5.74) is 34.1. The Kier molecular flexibility index (Phi) is 19.3. The van der Waals surface area contributed by atoms with E-state index in [4.69, 9.17) is 0 Å². The molecule has 0 fully saturated rings. The minimum Gasteiger partial charge on any atom is -0.310 e. The molecular formula is C102H92B2N4. The van der Waals surface area contributed by atoms with Crippen LogP contribution in [-0.4, -0.2) is 13.4 Å². The van der Waals surface area contributed by atoms with E-state index < -0.39 is 0 Å². The van der Waals surface area contributed by atoms with E-state index in [0.29, 0.717) is 0 Å². The number of para-hydroxylation sites is 8. The van der Waals surface area contributed by atoms with E-state index in [1.165, 1.54) is 121 Å². The Hall–Kier alpha value is -12.1. The molecule has 0 spiro atoms. The van der Waals surface area contributed by atoms with Gasteiger partial charge < -0.3 is 19.6 Å². The van der Waals surface area contributed by atoms with Crippen molar-refractivity contribution in [3.8, 4) is 0 Å². The molecule has 0 aliphatic carbocycles. The summed E-state index contributed by atoms with van der Waals surface area (Å²) in [5, 5.41) is 7.88. The van der Waals surface area contributed by atoms with Crippen LogP contribution in [0.25, 0.3) is 32.3 Å². The first-order valence-electron chi connectivity index (χ1n) is 38.4. The molecule has 6 heteroatoms. The average Bonchev–Trinajstić information content (AvgIpc) is 0.697. The van der Waals surface area contributed by atoms with Crippen LogP contribution in [0, 0.1) is 55.4 Å². The van der Waals surface area contributed by atoms with E-state index in [2.05, 4.69) is 430 Å². The Bertz CT molecular complexity index is 5020. The van der Waals surface area contributed by atoms with Crippen LogP contribution in [0.5, 0.6) is 0 Å². The highest BCUT2D eigenvalue weighted by atomic mass is 15.2. The van der Waals surface area contributed by atoms with E-state index in [0.717, 1.165) is 68.2 Å². The zero-order valence-electron chi connectivity index (χ0n) is 64.3. The van der Waals surface area contributed by atoms with Crippen molar-refractivity contribution >= 4 is 147 Å². The molecule has 0 saturated heterocycles. The highest BCUT2D eigenvalue weighted by molar-refractivity contribution is 6.99. The number of nitrogens with zero attached hydrogens (tertiary/aromatic N) is 4. The summed E-state index contributed by atoms with van der Waals surface area (Å²) < 4.78 is 0. The van der Waals surface area contributed by atoms with Crippen LogP contribution in [0.4, 0.5) is 68.2 Å². The van der Waals surface area contributed by atoms with Crippen LogP contribution in [0.15, 0.2) is 328 Å². The van der Waals surface area contributed by atoms with Gasteiger partial charge in [0, 0.05) is 68.2 Å². The molecule has 0 N–H and O–H groups in total. The fraction of sp³-hybridized carbons (Fsp3) is 0.137. The summed E-state index contributed by atoms with van der Waals surface area (Å²) in [4.78, 5) is 9.66. The van der Waals surface area contributed by atoms with E-state index >= 15 is 0 Å². The highest BCUT2D eigenvalue weighted by Gasteiger charge is 2.37.